The summed E-state index contributed by atoms with van der Waals surface area (Å²) in [6, 6.07) is 4.15. The molecule has 0 amide bonds. The van der Waals surface area contributed by atoms with Gasteiger partial charge in [0.25, 0.3) is 6.43 Å². The number of halogens is 2. The Morgan fingerprint density at radius 1 is 1.36 bits per heavy atom. The van der Waals surface area contributed by atoms with Crippen LogP contribution >= 0.6 is 11.3 Å². The molecule has 0 aliphatic carbocycles. The highest BCUT2D eigenvalue weighted by atomic mass is 32.1. The van der Waals surface area contributed by atoms with Crippen LogP contribution in [0.15, 0.2) is 17.5 Å². The van der Waals surface area contributed by atoms with Crippen LogP contribution in [0.2, 0.25) is 0 Å². The fourth-order valence-corrected chi connectivity index (χ4v) is 1.97. The molecule has 0 radical (unpaired) electrons. The second-order valence-electron chi connectivity index (χ2n) is 3.13. The number of aryl methyl sites for hydroxylation is 1. The number of thiophene rings is 1. The van der Waals surface area contributed by atoms with Crippen molar-refractivity contribution >= 4 is 11.3 Å². The van der Waals surface area contributed by atoms with Crippen molar-refractivity contribution in [1.82, 2.24) is 5.32 Å². The van der Waals surface area contributed by atoms with E-state index in [2.05, 4.69) is 16.8 Å². The molecule has 0 saturated heterocycles. The molecule has 1 heterocycles. The zero-order valence-corrected chi connectivity index (χ0v) is 8.83. The van der Waals surface area contributed by atoms with Crippen LogP contribution in [-0.2, 0) is 6.42 Å². The lowest BCUT2D eigenvalue weighted by molar-refractivity contribution is 0.146. The molecule has 0 fully saturated rings. The minimum atomic E-state index is -2.23. The first-order valence-corrected chi connectivity index (χ1v) is 5.68. The van der Waals surface area contributed by atoms with Crippen molar-refractivity contribution in [2.24, 2.45) is 0 Å². The monoisotopic (exact) mass is 219 g/mol. The highest BCUT2D eigenvalue weighted by Gasteiger charge is 1.99. The molecule has 0 bridgehead atoms. The third kappa shape index (κ3) is 5.29. The molecule has 80 valence electrons. The van der Waals surface area contributed by atoms with Crippen molar-refractivity contribution in [3.8, 4) is 0 Å². The summed E-state index contributed by atoms with van der Waals surface area (Å²) >= 11 is 1.75. The van der Waals surface area contributed by atoms with Crippen LogP contribution in [0.1, 0.15) is 17.7 Å². The van der Waals surface area contributed by atoms with Gasteiger partial charge in [-0.3, -0.25) is 0 Å². The first-order valence-electron chi connectivity index (χ1n) is 4.80. The molecular formula is C10H15F2NS. The van der Waals surface area contributed by atoms with E-state index < -0.39 is 6.43 Å². The Hall–Kier alpha value is -0.480. The molecule has 0 aliphatic heterocycles. The second kappa shape index (κ2) is 6.90. The van der Waals surface area contributed by atoms with E-state index in [1.807, 2.05) is 6.07 Å². The van der Waals surface area contributed by atoms with Gasteiger partial charge < -0.3 is 5.32 Å². The van der Waals surface area contributed by atoms with E-state index in [9.17, 15) is 8.78 Å². The molecule has 14 heavy (non-hydrogen) atoms. The Kier molecular flexibility index (Phi) is 5.71. The number of hydrogen-bond acceptors (Lipinski definition) is 2. The lowest BCUT2D eigenvalue weighted by Crippen LogP contribution is -2.22. The maximum atomic E-state index is 11.7. The van der Waals surface area contributed by atoms with E-state index in [1.165, 1.54) is 4.88 Å². The molecule has 1 N–H and O–H groups in total. The van der Waals surface area contributed by atoms with E-state index in [1.54, 1.807) is 11.3 Å². The maximum absolute atomic E-state index is 11.7. The van der Waals surface area contributed by atoms with Gasteiger partial charge >= 0.3 is 0 Å². The van der Waals surface area contributed by atoms with Crippen LogP contribution < -0.4 is 5.32 Å². The van der Waals surface area contributed by atoms with Gasteiger partial charge in [-0.05, 0) is 37.3 Å². The topological polar surface area (TPSA) is 12.0 Å². The summed E-state index contributed by atoms with van der Waals surface area (Å²) in [7, 11) is 0. The molecule has 1 nitrogen and oxygen atoms in total. The van der Waals surface area contributed by atoms with Crippen LogP contribution in [0.3, 0.4) is 0 Å². The predicted molar refractivity (Wildman–Crippen MR) is 56.1 cm³/mol. The summed E-state index contributed by atoms with van der Waals surface area (Å²) in [6.45, 7) is 0.509. The molecule has 0 unspecified atom stereocenters. The largest absolute Gasteiger partial charge is 0.311 e. The van der Waals surface area contributed by atoms with Crippen LogP contribution in [0.25, 0.3) is 0 Å². The molecule has 0 aliphatic rings. The molecule has 0 aromatic carbocycles. The molecule has 1 aromatic heterocycles. The van der Waals surface area contributed by atoms with Crippen LogP contribution in [0, 0.1) is 0 Å². The summed E-state index contributed by atoms with van der Waals surface area (Å²) < 4.78 is 23.4. The lowest BCUT2D eigenvalue weighted by atomic mass is 10.2. The molecule has 0 saturated carbocycles. The van der Waals surface area contributed by atoms with Gasteiger partial charge in [0, 0.05) is 4.88 Å². The zero-order valence-electron chi connectivity index (χ0n) is 8.01. The van der Waals surface area contributed by atoms with E-state index in [4.69, 9.17) is 0 Å². The highest BCUT2D eigenvalue weighted by molar-refractivity contribution is 7.09. The smallest absolute Gasteiger partial charge is 0.250 e. The molecule has 4 heteroatoms. The van der Waals surface area contributed by atoms with Gasteiger partial charge in [-0.1, -0.05) is 6.07 Å². The number of hydrogen-bond donors (Lipinski definition) is 1. The zero-order chi connectivity index (χ0) is 10.2. The van der Waals surface area contributed by atoms with Gasteiger partial charge in [-0.2, -0.15) is 0 Å². The normalized spacial score (nSPS) is 11.1. The average Bonchev–Trinajstić information content (AvgIpc) is 2.63. The summed E-state index contributed by atoms with van der Waals surface area (Å²) in [6.07, 6.45) is 0.863. The van der Waals surface area contributed by atoms with E-state index in [0.717, 1.165) is 19.3 Å². The van der Waals surface area contributed by atoms with Gasteiger partial charge in [0.15, 0.2) is 0 Å². The number of nitrogens with one attached hydrogen (secondary N) is 1. The van der Waals surface area contributed by atoms with Crippen LogP contribution in [-0.4, -0.2) is 19.5 Å². The van der Waals surface area contributed by atoms with E-state index in [0.29, 0.717) is 6.54 Å². The van der Waals surface area contributed by atoms with Crippen molar-refractivity contribution < 1.29 is 8.78 Å². The number of rotatable bonds is 7. The van der Waals surface area contributed by atoms with Gasteiger partial charge in [-0.15, -0.1) is 11.3 Å². The third-order valence-electron chi connectivity index (χ3n) is 1.91. The van der Waals surface area contributed by atoms with Crippen LogP contribution in [0.4, 0.5) is 8.78 Å². The molecular weight excluding hydrogens is 204 g/mol. The molecule has 1 rings (SSSR count). The number of unbranched alkanes of at least 4 members (excludes halogenated alkanes) is 1. The van der Waals surface area contributed by atoms with Crippen molar-refractivity contribution in [2.75, 3.05) is 13.1 Å². The van der Waals surface area contributed by atoms with E-state index in [-0.39, 0.29) is 6.54 Å². The Morgan fingerprint density at radius 3 is 2.86 bits per heavy atom. The SMILES string of the molecule is FC(F)CNCCCCc1cccs1. The fourth-order valence-electron chi connectivity index (χ4n) is 1.22. The summed E-state index contributed by atoms with van der Waals surface area (Å²) in [5.74, 6) is 0. The van der Waals surface area contributed by atoms with Crippen molar-refractivity contribution in [1.29, 1.82) is 0 Å². The minimum Gasteiger partial charge on any atom is -0.311 e. The average molecular weight is 219 g/mol. The highest BCUT2D eigenvalue weighted by Crippen LogP contribution is 2.11. The Labute approximate surface area is 87.1 Å². The van der Waals surface area contributed by atoms with Crippen LogP contribution in [0.5, 0.6) is 0 Å². The van der Waals surface area contributed by atoms with Crippen molar-refractivity contribution in [3.63, 3.8) is 0 Å². The molecule has 0 atom stereocenters. The lowest BCUT2D eigenvalue weighted by Gasteiger charge is -2.02. The minimum absolute atomic E-state index is 0.182. The fraction of sp³-hybridized carbons (Fsp3) is 0.600. The summed E-state index contributed by atoms with van der Waals surface area (Å²) in [5, 5.41) is 4.78. The predicted octanol–water partition coefficient (Wildman–Crippen LogP) is 2.93. The number of alkyl halides is 2. The second-order valence-corrected chi connectivity index (χ2v) is 4.16. The summed E-state index contributed by atoms with van der Waals surface area (Å²) in [4.78, 5) is 1.37. The quantitative estimate of drug-likeness (QED) is 0.695. The Bertz CT molecular complexity index is 224. The van der Waals surface area contributed by atoms with Gasteiger partial charge in [-0.25, -0.2) is 8.78 Å². The molecule has 0 spiro atoms. The standard InChI is InChI=1S/C10H15F2NS/c11-10(12)8-13-6-2-1-4-9-5-3-7-14-9/h3,5,7,10,13H,1-2,4,6,8H2. The van der Waals surface area contributed by atoms with Gasteiger partial charge in [0.2, 0.25) is 0 Å². The maximum Gasteiger partial charge on any atom is 0.250 e. The van der Waals surface area contributed by atoms with Gasteiger partial charge in [0.05, 0.1) is 6.54 Å². The van der Waals surface area contributed by atoms with Crippen molar-refractivity contribution in [3.05, 3.63) is 22.4 Å². The first-order chi connectivity index (χ1) is 6.79. The van der Waals surface area contributed by atoms with E-state index >= 15 is 0 Å². The van der Waals surface area contributed by atoms with Gasteiger partial charge in [0.1, 0.15) is 0 Å². The Morgan fingerprint density at radius 2 is 2.21 bits per heavy atom. The summed E-state index contributed by atoms with van der Waals surface area (Å²) in [5.41, 5.74) is 0. The third-order valence-corrected chi connectivity index (χ3v) is 2.84. The Balaban J connectivity index is 1.90. The first kappa shape index (κ1) is 11.6. The molecule has 1 aromatic rings. The van der Waals surface area contributed by atoms with Crippen molar-refractivity contribution in [2.45, 2.75) is 25.7 Å².